The van der Waals surface area contributed by atoms with Crippen LogP contribution < -0.4 is 9.47 Å². The lowest BCUT2D eigenvalue weighted by molar-refractivity contribution is -0.207. The molecule has 5 atom stereocenters. The number of hydrogen-bond acceptors (Lipinski definition) is 5. The number of esters is 1. The Morgan fingerprint density at radius 1 is 1.12 bits per heavy atom. The number of fused-ring (bicyclic) bond motifs is 4. The van der Waals surface area contributed by atoms with Crippen LogP contribution in [0.5, 0.6) is 17.2 Å². The van der Waals surface area contributed by atoms with Crippen LogP contribution in [0.25, 0.3) is 0 Å². The molecular weight excluding hydrogens is 404 g/mol. The van der Waals surface area contributed by atoms with Crippen LogP contribution in [0.15, 0.2) is 12.1 Å². The number of methoxy groups -OCH3 is 1. The van der Waals surface area contributed by atoms with Crippen molar-refractivity contribution in [2.24, 2.45) is 28.1 Å². The molecule has 2 saturated carbocycles. The maximum Gasteiger partial charge on any atom is 0.316 e. The molecule has 1 aromatic rings. The molecule has 0 spiro atoms. The third-order valence-corrected chi connectivity index (χ3v) is 8.69. The minimum Gasteiger partial charge on any atom is -0.504 e. The lowest BCUT2D eigenvalue weighted by Crippen LogP contribution is -2.62. The minimum absolute atomic E-state index is 0.0766. The summed E-state index contributed by atoms with van der Waals surface area (Å²) in [4.78, 5) is 12.5. The van der Waals surface area contributed by atoms with Crippen LogP contribution in [0, 0.1) is 28.1 Å². The molecule has 5 heteroatoms. The first-order valence-electron chi connectivity index (χ1n) is 12.0. The van der Waals surface area contributed by atoms with Gasteiger partial charge in [-0.1, -0.05) is 27.2 Å². The second-order valence-electron chi connectivity index (χ2n) is 12.5. The summed E-state index contributed by atoms with van der Waals surface area (Å²) in [6, 6.07) is 3.34. The van der Waals surface area contributed by atoms with E-state index in [0.717, 1.165) is 24.8 Å². The predicted molar refractivity (Wildman–Crippen MR) is 124 cm³/mol. The van der Waals surface area contributed by atoms with Gasteiger partial charge in [0, 0.05) is 24.7 Å². The number of ether oxygens (including phenoxy) is 3. The standard InChI is InChI=1S/C27H40O5/c1-24(2,3)23(29)31-19-14-16-18(15-17(19)28)32-27(7)13-10-20-25(4,5)11-9-12-26(20,6)22(27)21(16)30-8/h14-15,20-22,28H,9-13H2,1-8H3/t20-,21+,22+,26-,27-/m0/s1. The zero-order valence-corrected chi connectivity index (χ0v) is 21.0. The average molecular weight is 445 g/mol. The number of aromatic hydroxyl groups is 1. The summed E-state index contributed by atoms with van der Waals surface area (Å²) < 4.78 is 18.5. The number of carbonyl (C=O) groups excluding carboxylic acids is 1. The number of benzene rings is 1. The first-order valence-corrected chi connectivity index (χ1v) is 12.0. The molecule has 2 fully saturated rings. The predicted octanol–water partition coefficient (Wildman–Crippen LogP) is 6.42. The zero-order valence-electron chi connectivity index (χ0n) is 21.0. The SMILES string of the molecule is CO[C@@H]1c2cc(OC(=O)C(C)(C)C)c(O)cc2O[C@@]2(C)CC[C@H]3C(C)(C)CCC[C@]3(C)[C@@H]12. The fraction of sp³-hybridized carbons (Fsp3) is 0.741. The van der Waals surface area contributed by atoms with Crippen LogP contribution in [-0.4, -0.2) is 23.8 Å². The van der Waals surface area contributed by atoms with Crippen molar-refractivity contribution < 1.29 is 24.1 Å². The second-order valence-corrected chi connectivity index (χ2v) is 12.5. The summed E-state index contributed by atoms with van der Waals surface area (Å²) in [5, 5.41) is 10.6. The molecule has 1 N–H and O–H groups in total. The molecule has 1 aromatic carbocycles. The average Bonchev–Trinajstić information content (AvgIpc) is 2.65. The van der Waals surface area contributed by atoms with Crippen molar-refractivity contribution in [3.8, 4) is 17.2 Å². The summed E-state index contributed by atoms with van der Waals surface area (Å²) in [5.74, 6) is 1.08. The van der Waals surface area contributed by atoms with Crippen LogP contribution in [0.1, 0.15) is 92.2 Å². The summed E-state index contributed by atoms with van der Waals surface area (Å²) in [7, 11) is 1.76. The lowest BCUT2D eigenvalue weighted by atomic mass is 9.44. The van der Waals surface area contributed by atoms with Gasteiger partial charge in [-0.25, -0.2) is 0 Å². The molecule has 3 aliphatic rings. The highest BCUT2D eigenvalue weighted by Crippen LogP contribution is 2.67. The molecule has 5 nitrogen and oxygen atoms in total. The summed E-state index contributed by atoms with van der Waals surface area (Å²) in [6.45, 7) is 14.9. The molecule has 0 unspecified atom stereocenters. The van der Waals surface area contributed by atoms with Crippen molar-refractivity contribution in [3.05, 3.63) is 17.7 Å². The number of carbonyl (C=O) groups is 1. The van der Waals surface area contributed by atoms with E-state index in [9.17, 15) is 9.90 Å². The Morgan fingerprint density at radius 2 is 1.81 bits per heavy atom. The fourth-order valence-electron chi connectivity index (χ4n) is 7.23. The van der Waals surface area contributed by atoms with Crippen molar-refractivity contribution in [2.45, 2.75) is 92.3 Å². The van der Waals surface area contributed by atoms with E-state index in [0.29, 0.717) is 11.7 Å². The Morgan fingerprint density at radius 3 is 2.44 bits per heavy atom. The Labute approximate surface area is 192 Å². The topological polar surface area (TPSA) is 65.0 Å². The van der Waals surface area contributed by atoms with Gasteiger partial charge in [-0.15, -0.1) is 0 Å². The van der Waals surface area contributed by atoms with Gasteiger partial charge in [-0.2, -0.15) is 0 Å². The molecule has 0 bridgehead atoms. The highest BCUT2D eigenvalue weighted by molar-refractivity contribution is 5.78. The number of phenols is 1. The number of hydrogen-bond donors (Lipinski definition) is 1. The molecule has 32 heavy (non-hydrogen) atoms. The quantitative estimate of drug-likeness (QED) is 0.421. The van der Waals surface area contributed by atoms with E-state index in [1.165, 1.54) is 12.8 Å². The van der Waals surface area contributed by atoms with Gasteiger partial charge in [-0.05, 0) is 76.2 Å². The van der Waals surface area contributed by atoms with Gasteiger partial charge in [0.2, 0.25) is 0 Å². The maximum absolute atomic E-state index is 12.5. The van der Waals surface area contributed by atoms with Gasteiger partial charge in [0.15, 0.2) is 11.5 Å². The smallest absolute Gasteiger partial charge is 0.316 e. The number of rotatable bonds is 2. The van der Waals surface area contributed by atoms with Crippen molar-refractivity contribution in [1.29, 1.82) is 0 Å². The Balaban J connectivity index is 1.80. The fourth-order valence-corrected chi connectivity index (χ4v) is 7.23. The van der Waals surface area contributed by atoms with E-state index in [-0.39, 0.29) is 45.9 Å². The molecule has 0 radical (unpaired) electrons. The van der Waals surface area contributed by atoms with Crippen LogP contribution in [0.2, 0.25) is 0 Å². The minimum atomic E-state index is -0.671. The highest BCUT2D eigenvalue weighted by atomic mass is 16.5. The molecule has 4 rings (SSSR count). The van der Waals surface area contributed by atoms with E-state index in [1.54, 1.807) is 40.0 Å². The third kappa shape index (κ3) is 3.52. The normalized spacial score (nSPS) is 35.7. The van der Waals surface area contributed by atoms with Gasteiger partial charge >= 0.3 is 5.97 Å². The van der Waals surface area contributed by atoms with Crippen molar-refractivity contribution in [2.75, 3.05) is 7.11 Å². The molecule has 0 saturated heterocycles. The van der Waals surface area contributed by atoms with E-state index >= 15 is 0 Å². The Hall–Kier alpha value is -1.75. The van der Waals surface area contributed by atoms with Crippen LogP contribution in [0.3, 0.4) is 0 Å². The highest BCUT2D eigenvalue weighted by Gasteiger charge is 2.63. The van der Waals surface area contributed by atoms with Crippen molar-refractivity contribution in [3.63, 3.8) is 0 Å². The van der Waals surface area contributed by atoms with Gasteiger partial charge in [0.25, 0.3) is 0 Å². The van der Waals surface area contributed by atoms with Gasteiger partial charge in [0.1, 0.15) is 11.4 Å². The van der Waals surface area contributed by atoms with E-state index in [4.69, 9.17) is 14.2 Å². The van der Waals surface area contributed by atoms with Crippen LogP contribution >= 0.6 is 0 Å². The van der Waals surface area contributed by atoms with Gasteiger partial charge in [0.05, 0.1) is 11.5 Å². The van der Waals surface area contributed by atoms with Crippen LogP contribution in [0.4, 0.5) is 0 Å². The Kier molecular flexibility index (Phi) is 5.40. The first kappa shape index (κ1) is 23.4. The third-order valence-electron chi connectivity index (χ3n) is 8.69. The van der Waals surface area contributed by atoms with E-state index < -0.39 is 5.41 Å². The van der Waals surface area contributed by atoms with E-state index in [1.807, 2.05) is 0 Å². The van der Waals surface area contributed by atoms with E-state index in [2.05, 4.69) is 27.7 Å². The van der Waals surface area contributed by atoms with Crippen molar-refractivity contribution >= 4 is 5.97 Å². The molecule has 1 heterocycles. The second kappa shape index (κ2) is 7.38. The van der Waals surface area contributed by atoms with Gasteiger partial charge in [-0.3, -0.25) is 4.79 Å². The molecule has 2 aliphatic carbocycles. The number of phenolic OH excluding ortho intramolecular Hbond substituents is 1. The summed E-state index contributed by atoms with van der Waals surface area (Å²) >= 11 is 0. The van der Waals surface area contributed by atoms with Crippen LogP contribution in [-0.2, 0) is 9.53 Å². The first-order chi connectivity index (χ1) is 14.7. The maximum atomic E-state index is 12.5. The molecule has 0 aromatic heterocycles. The summed E-state index contributed by atoms with van der Waals surface area (Å²) in [5.41, 5.74) is 0.176. The molecule has 1 aliphatic heterocycles. The molecule has 178 valence electrons. The lowest BCUT2D eigenvalue weighted by Gasteiger charge is -2.64. The largest absolute Gasteiger partial charge is 0.504 e. The zero-order chi connectivity index (χ0) is 23.7. The molecular formula is C27H40O5. The monoisotopic (exact) mass is 444 g/mol. The molecule has 0 amide bonds. The van der Waals surface area contributed by atoms with Crippen molar-refractivity contribution in [1.82, 2.24) is 0 Å². The summed E-state index contributed by atoms with van der Waals surface area (Å²) in [6.07, 6.45) is 5.52. The Bertz CT molecular complexity index is 913. The van der Waals surface area contributed by atoms with Gasteiger partial charge < -0.3 is 19.3 Å².